The van der Waals surface area contributed by atoms with Crippen LogP contribution in [0.2, 0.25) is 0 Å². The van der Waals surface area contributed by atoms with E-state index in [2.05, 4.69) is 33.8 Å². The van der Waals surface area contributed by atoms with Gasteiger partial charge in [0.15, 0.2) is 0 Å². The SMILES string of the molecule is C[C@H]1C[C@H](C)CN(C(=O)CN2C(=O)CC(C)(C)c3ccccc32)C1. The molecule has 4 heteroatoms. The number of carbonyl (C=O) groups is 2. The molecule has 1 fully saturated rings. The molecule has 0 aromatic heterocycles. The highest BCUT2D eigenvalue weighted by Gasteiger charge is 2.38. The molecule has 0 radical (unpaired) electrons. The monoisotopic (exact) mass is 328 g/mol. The largest absolute Gasteiger partial charge is 0.341 e. The molecule has 2 aliphatic heterocycles. The average molecular weight is 328 g/mol. The van der Waals surface area contributed by atoms with Gasteiger partial charge in [0.05, 0.1) is 0 Å². The molecule has 0 N–H and O–H groups in total. The predicted octanol–water partition coefficient (Wildman–Crippen LogP) is 3.21. The maximum Gasteiger partial charge on any atom is 0.242 e. The number of benzene rings is 1. The number of fused-ring (bicyclic) bond motifs is 1. The third-order valence-corrected chi connectivity index (χ3v) is 5.33. The zero-order valence-electron chi connectivity index (χ0n) is 15.2. The van der Waals surface area contributed by atoms with Crippen molar-refractivity contribution < 1.29 is 9.59 Å². The Hall–Kier alpha value is -1.84. The minimum absolute atomic E-state index is 0.0464. The molecule has 130 valence electrons. The summed E-state index contributed by atoms with van der Waals surface area (Å²) in [6, 6.07) is 7.98. The number of hydrogen-bond acceptors (Lipinski definition) is 2. The summed E-state index contributed by atoms with van der Waals surface area (Å²) in [5, 5.41) is 0. The Kier molecular flexibility index (Phi) is 4.41. The minimum atomic E-state index is -0.179. The van der Waals surface area contributed by atoms with Gasteiger partial charge in [-0.2, -0.15) is 0 Å². The number of para-hydroxylation sites is 1. The fraction of sp³-hybridized carbons (Fsp3) is 0.600. The van der Waals surface area contributed by atoms with Crippen LogP contribution in [0.15, 0.2) is 24.3 Å². The third-order valence-electron chi connectivity index (χ3n) is 5.33. The summed E-state index contributed by atoms with van der Waals surface area (Å²) in [5.74, 6) is 1.17. The molecule has 0 saturated carbocycles. The Bertz CT molecular complexity index is 643. The van der Waals surface area contributed by atoms with Crippen molar-refractivity contribution in [3.63, 3.8) is 0 Å². The highest BCUT2D eigenvalue weighted by atomic mass is 16.2. The Balaban J connectivity index is 1.82. The summed E-state index contributed by atoms with van der Waals surface area (Å²) in [6.45, 7) is 10.3. The highest BCUT2D eigenvalue weighted by molar-refractivity contribution is 6.02. The summed E-state index contributed by atoms with van der Waals surface area (Å²) in [7, 11) is 0. The van der Waals surface area contributed by atoms with Gasteiger partial charge >= 0.3 is 0 Å². The number of piperidine rings is 1. The van der Waals surface area contributed by atoms with Crippen LogP contribution in [0.25, 0.3) is 0 Å². The van der Waals surface area contributed by atoms with E-state index < -0.39 is 0 Å². The van der Waals surface area contributed by atoms with Crippen molar-refractivity contribution in [2.45, 2.75) is 46.0 Å². The number of anilines is 1. The molecule has 2 amide bonds. The topological polar surface area (TPSA) is 40.6 Å². The van der Waals surface area contributed by atoms with Crippen molar-refractivity contribution in [3.05, 3.63) is 29.8 Å². The van der Waals surface area contributed by atoms with Crippen molar-refractivity contribution in [2.24, 2.45) is 11.8 Å². The fourth-order valence-corrected chi connectivity index (χ4v) is 4.26. The van der Waals surface area contributed by atoms with Crippen molar-refractivity contribution in [1.82, 2.24) is 4.90 Å². The Morgan fingerprint density at radius 1 is 1.17 bits per heavy atom. The summed E-state index contributed by atoms with van der Waals surface area (Å²) in [4.78, 5) is 29.1. The Morgan fingerprint density at radius 2 is 1.79 bits per heavy atom. The molecule has 0 unspecified atom stereocenters. The van der Waals surface area contributed by atoms with Gasteiger partial charge in [0.2, 0.25) is 11.8 Å². The van der Waals surface area contributed by atoms with E-state index in [0.717, 1.165) is 24.3 Å². The molecule has 3 rings (SSSR count). The van der Waals surface area contributed by atoms with Crippen LogP contribution in [0, 0.1) is 11.8 Å². The number of rotatable bonds is 2. The summed E-state index contributed by atoms with van der Waals surface area (Å²) < 4.78 is 0. The lowest BCUT2D eigenvalue weighted by molar-refractivity contribution is -0.134. The first-order valence-corrected chi connectivity index (χ1v) is 8.95. The molecule has 2 aliphatic rings. The smallest absolute Gasteiger partial charge is 0.242 e. The van der Waals surface area contributed by atoms with Crippen molar-refractivity contribution in [3.8, 4) is 0 Å². The first-order valence-electron chi connectivity index (χ1n) is 8.95. The number of carbonyl (C=O) groups excluding carboxylic acids is 2. The number of hydrogen-bond donors (Lipinski definition) is 0. The van der Waals surface area contributed by atoms with E-state index in [9.17, 15) is 9.59 Å². The van der Waals surface area contributed by atoms with Crippen molar-refractivity contribution in [1.29, 1.82) is 0 Å². The van der Waals surface area contributed by atoms with Crippen LogP contribution in [0.5, 0.6) is 0 Å². The van der Waals surface area contributed by atoms with E-state index >= 15 is 0 Å². The van der Waals surface area contributed by atoms with E-state index in [4.69, 9.17) is 0 Å². The van der Waals surface area contributed by atoms with Gasteiger partial charge in [0.25, 0.3) is 0 Å². The van der Waals surface area contributed by atoms with Gasteiger partial charge in [0.1, 0.15) is 6.54 Å². The molecular weight excluding hydrogens is 300 g/mol. The number of likely N-dealkylation sites (tertiary alicyclic amines) is 1. The lowest BCUT2D eigenvalue weighted by Gasteiger charge is -2.40. The van der Waals surface area contributed by atoms with E-state index in [-0.39, 0.29) is 23.8 Å². The molecule has 4 nitrogen and oxygen atoms in total. The first kappa shape index (κ1) is 17.0. The highest BCUT2D eigenvalue weighted by Crippen LogP contribution is 2.40. The maximum absolute atomic E-state index is 12.8. The minimum Gasteiger partial charge on any atom is -0.341 e. The first-order chi connectivity index (χ1) is 11.3. The summed E-state index contributed by atoms with van der Waals surface area (Å²) >= 11 is 0. The van der Waals surface area contributed by atoms with Crippen LogP contribution in [0.3, 0.4) is 0 Å². The van der Waals surface area contributed by atoms with E-state index in [1.165, 1.54) is 6.42 Å². The van der Waals surface area contributed by atoms with Crippen LogP contribution >= 0.6 is 0 Å². The van der Waals surface area contributed by atoms with Crippen LogP contribution in [-0.2, 0) is 15.0 Å². The lowest BCUT2D eigenvalue weighted by Crippen LogP contribution is -2.50. The zero-order valence-corrected chi connectivity index (χ0v) is 15.2. The Labute approximate surface area is 144 Å². The van der Waals surface area contributed by atoms with Crippen LogP contribution in [0.4, 0.5) is 5.69 Å². The average Bonchev–Trinajstić information content (AvgIpc) is 2.50. The molecule has 0 spiro atoms. The molecule has 2 heterocycles. The van der Waals surface area contributed by atoms with Gasteiger partial charge in [-0.3, -0.25) is 9.59 Å². The van der Waals surface area contributed by atoms with Gasteiger partial charge in [-0.05, 0) is 29.9 Å². The molecule has 1 aromatic carbocycles. The molecule has 1 saturated heterocycles. The van der Waals surface area contributed by atoms with Gasteiger partial charge < -0.3 is 9.80 Å². The van der Waals surface area contributed by atoms with Gasteiger partial charge in [0, 0.05) is 30.6 Å². The van der Waals surface area contributed by atoms with Gasteiger partial charge in [-0.25, -0.2) is 0 Å². The van der Waals surface area contributed by atoms with Crippen LogP contribution in [0.1, 0.15) is 46.1 Å². The van der Waals surface area contributed by atoms with Crippen molar-refractivity contribution >= 4 is 17.5 Å². The van der Waals surface area contributed by atoms with E-state index in [0.29, 0.717) is 18.3 Å². The number of amides is 2. The molecule has 0 bridgehead atoms. The van der Waals surface area contributed by atoms with Crippen LogP contribution < -0.4 is 4.90 Å². The summed E-state index contributed by atoms with van der Waals surface area (Å²) in [6.07, 6.45) is 1.62. The maximum atomic E-state index is 12.8. The van der Waals surface area contributed by atoms with Crippen molar-refractivity contribution in [2.75, 3.05) is 24.5 Å². The molecular formula is C20H28N2O2. The van der Waals surface area contributed by atoms with Gasteiger partial charge in [-0.1, -0.05) is 45.9 Å². The fourth-order valence-electron chi connectivity index (χ4n) is 4.26. The third kappa shape index (κ3) is 3.19. The second-order valence-corrected chi connectivity index (χ2v) is 8.30. The van der Waals surface area contributed by atoms with E-state index in [1.807, 2.05) is 23.1 Å². The standard InChI is InChI=1S/C20H28N2O2/c1-14-9-15(2)12-21(11-14)19(24)13-22-17-8-6-5-7-16(17)20(3,4)10-18(22)23/h5-8,14-15H,9-13H2,1-4H3/t14-,15-/m0/s1. The number of nitrogens with zero attached hydrogens (tertiary/aromatic N) is 2. The normalized spacial score (nSPS) is 26.2. The Morgan fingerprint density at radius 3 is 2.46 bits per heavy atom. The summed E-state index contributed by atoms with van der Waals surface area (Å²) in [5.41, 5.74) is 1.87. The van der Waals surface area contributed by atoms with Gasteiger partial charge in [-0.15, -0.1) is 0 Å². The van der Waals surface area contributed by atoms with E-state index in [1.54, 1.807) is 4.90 Å². The second kappa shape index (κ2) is 6.23. The molecule has 0 aliphatic carbocycles. The lowest BCUT2D eigenvalue weighted by atomic mass is 9.77. The molecule has 1 aromatic rings. The molecule has 2 atom stereocenters. The quantitative estimate of drug-likeness (QED) is 0.836. The van der Waals surface area contributed by atoms with Crippen LogP contribution in [-0.4, -0.2) is 36.3 Å². The second-order valence-electron chi connectivity index (χ2n) is 8.30. The predicted molar refractivity (Wildman–Crippen MR) is 96.0 cm³/mol. The molecule has 24 heavy (non-hydrogen) atoms. The zero-order chi connectivity index (χ0) is 17.5.